The third-order valence-electron chi connectivity index (χ3n) is 3.93. The maximum Gasteiger partial charge on any atom is 0.000835 e. The van der Waals surface area contributed by atoms with Gasteiger partial charge < -0.3 is 0 Å². The number of rotatable bonds is 4. The Kier molecular flexibility index (Phi) is 8.17. The minimum absolute atomic E-state index is 1.22. The molecule has 0 unspecified atom stereocenters. The summed E-state index contributed by atoms with van der Waals surface area (Å²) in [6.45, 7) is 6.46. The van der Waals surface area contributed by atoms with E-state index in [1.807, 2.05) is 21.6 Å². The van der Waals surface area contributed by atoms with Crippen LogP contribution in [0.3, 0.4) is 0 Å². The fraction of sp³-hybridized carbons (Fsp3) is 0.217. The van der Waals surface area contributed by atoms with Crippen molar-refractivity contribution in [1.29, 1.82) is 0 Å². The molecule has 0 N–H and O–H groups in total. The van der Waals surface area contributed by atoms with Crippen LogP contribution in [0.2, 0.25) is 0 Å². The molecule has 25 heavy (non-hydrogen) atoms. The molecule has 0 bridgehead atoms. The van der Waals surface area contributed by atoms with E-state index >= 15 is 0 Å². The zero-order chi connectivity index (χ0) is 18.1. The van der Waals surface area contributed by atoms with E-state index in [1.165, 1.54) is 39.1 Å². The van der Waals surface area contributed by atoms with Crippen molar-refractivity contribution in [3.8, 4) is 22.3 Å². The van der Waals surface area contributed by atoms with E-state index in [0.29, 0.717) is 0 Å². The van der Waals surface area contributed by atoms with E-state index in [0.717, 1.165) is 0 Å². The molecule has 0 radical (unpaired) electrons. The van der Waals surface area contributed by atoms with Crippen LogP contribution < -0.4 is 0 Å². The highest BCUT2D eigenvalue weighted by molar-refractivity contribution is 8.76. The normalized spacial score (nSPS) is 10.1. The molecule has 0 aliphatic rings. The molecule has 3 aromatic rings. The Labute approximate surface area is 160 Å². The molecule has 0 atom stereocenters. The predicted molar refractivity (Wildman–Crippen MR) is 118 cm³/mol. The second-order valence-electron chi connectivity index (χ2n) is 5.83. The molecule has 0 aliphatic carbocycles. The van der Waals surface area contributed by atoms with Gasteiger partial charge in [0.15, 0.2) is 0 Å². The molecular formula is C23H26S2. The third kappa shape index (κ3) is 5.98. The van der Waals surface area contributed by atoms with E-state index in [-0.39, 0.29) is 0 Å². The lowest BCUT2D eigenvalue weighted by molar-refractivity contribution is 1.43. The molecule has 0 saturated heterocycles. The second kappa shape index (κ2) is 10.4. The van der Waals surface area contributed by atoms with Crippen molar-refractivity contribution in [1.82, 2.24) is 0 Å². The number of hydrogen-bond acceptors (Lipinski definition) is 2. The molecule has 0 amide bonds. The first-order chi connectivity index (χ1) is 12.2. The fourth-order valence-electron chi connectivity index (χ4n) is 2.65. The van der Waals surface area contributed by atoms with Gasteiger partial charge >= 0.3 is 0 Å². The van der Waals surface area contributed by atoms with Gasteiger partial charge in [-0.2, -0.15) is 0 Å². The Bertz CT molecular complexity index is 760. The minimum Gasteiger partial charge on any atom is -0.0976 e. The lowest BCUT2D eigenvalue weighted by Gasteiger charge is -2.09. The Morgan fingerprint density at radius 1 is 0.720 bits per heavy atom. The minimum atomic E-state index is 1.22. The van der Waals surface area contributed by atoms with Crippen LogP contribution >= 0.6 is 21.6 Å². The SMILES string of the molecule is CCSSC.Cc1ccc(-c2ccc(-c3ccccc3)cc2C)cc1. The van der Waals surface area contributed by atoms with Crippen LogP contribution in [0.15, 0.2) is 72.8 Å². The third-order valence-corrected chi connectivity index (χ3v) is 5.82. The second-order valence-corrected chi connectivity index (χ2v) is 8.69. The fourth-order valence-corrected chi connectivity index (χ4v) is 3.59. The van der Waals surface area contributed by atoms with Crippen LogP contribution in [0.4, 0.5) is 0 Å². The van der Waals surface area contributed by atoms with Gasteiger partial charge in [0, 0.05) is 5.75 Å². The number of aryl methyl sites for hydroxylation is 2. The number of hydrogen-bond donors (Lipinski definition) is 0. The smallest absolute Gasteiger partial charge is 0.000835 e. The molecule has 3 rings (SSSR count). The number of benzene rings is 3. The molecule has 2 heteroatoms. The molecule has 0 aromatic heterocycles. The molecule has 0 heterocycles. The summed E-state index contributed by atoms with van der Waals surface area (Å²) in [5.41, 5.74) is 7.75. The van der Waals surface area contributed by atoms with Gasteiger partial charge in [-0.25, -0.2) is 0 Å². The van der Waals surface area contributed by atoms with Gasteiger partial charge in [-0.1, -0.05) is 107 Å². The summed E-state index contributed by atoms with van der Waals surface area (Å²) in [6, 6.07) is 25.9. The summed E-state index contributed by atoms with van der Waals surface area (Å²) in [5.74, 6) is 1.22. The molecule has 0 saturated carbocycles. The Morgan fingerprint density at radius 2 is 1.36 bits per heavy atom. The molecular weight excluding hydrogens is 340 g/mol. The van der Waals surface area contributed by atoms with Crippen molar-refractivity contribution < 1.29 is 0 Å². The summed E-state index contributed by atoms with van der Waals surface area (Å²) in [4.78, 5) is 0. The van der Waals surface area contributed by atoms with Gasteiger partial charge in [-0.15, -0.1) is 0 Å². The van der Waals surface area contributed by atoms with E-state index in [1.54, 1.807) is 0 Å². The summed E-state index contributed by atoms with van der Waals surface area (Å²) in [6.07, 6.45) is 2.09. The van der Waals surface area contributed by atoms with Crippen LogP contribution in [0, 0.1) is 13.8 Å². The molecule has 3 aromatic carbocycles. The van der Waals surface area contributed by atoms with Crippen LogP contribution in [-0.2, 0) is 0 Å². The van der Waals surface area contributed by atoms with Gasteiger partial charge in [0.1, 0.15) is 0 Å². The van der Waals surface area contributed by atoms with E-state index in [2.05, 4.69) is 99.8 Å². The molecule has 0 spiro atoms. The van der Waals surface area contributed by atoms with Crippen LogP contribution in [0.1, 0.15) is 18.1 Å². The largest absolute Gasteiger partial charge is 0.0976 e. The topological polar surface area (TPSA) is 0 Å². The van der Waals surface area contributed by atoms with Crippen molar-refractivity contribution in [3.63, 3.8) is 0 Å². The predicted octanol–water partition coefficient (Wildman–Crippen LogP) is 7.65. The monoisotopic (exact) mass is 366 g/mol. The average Bonchev–Trinajstić information content (AvgIpc) is 2.64. The van der Waals surface area contributed by atoms with E-state index < -0.39 is 0 Å². The summed E-state index contributed by atoms with van der Waals surface area (Å²) >= 11 is 0. The van der Waals surface area contributed by atoms with Crippen molar-refractivity contribution in [2.75, 3.05) is 12.0 Å². The standard InChI is InChI=1S/C20H18.C3H8S2/c1-15-8-10-18(11-9-15)20-13-12-19(14-16(20)2)17-6-4-3-5-7-17;1-3-5-4-2/h3-14H,1-2H3;3H2,1-2H3. The maximum absolute atomic E-state index is 2.27. The van der Waals surface area contributed by atoms with Crippen molar-refractivity contribution in [2.24, 2.45) is 0 Å². The Hall–Kier alpha value is -1.64. The van der Waals surface area contributed by atoms with Crippen LogP contribution in [0.25, 0.3) is 22.3 Å². The highest BCUT2D eigenvalue weighted by atomic mass is 33.1. The van der Waals surface area contributed by atoms with Crippen molar-refractivity contribution in [3.05, 3.63) is 83.9 Å². The van der Waals surface area contributed by atoms with Gasteiger partial charge in [0.2, 0.25) is 0 Å². The highest BCUT2D eigenvalue weighted by Crippen LogP contribution is 2.28. The van der Waals surface area contributed by atoms with Gasteiger partial charge in [0.25, 0.3) is 0 Å². The van der Waals surface area contributed by atoms with E-state index in [9.17, 15) is 0 Å². The highest BCUT2D eigenvalue weighted by Gasteiger charge is 2.04. The van der Waals surface area contributed by atoms with Gasteiger partial charge in [-0.05, 0) is 47.9 Å². The zero-order valence-electron chi connectivity index (χ0n) is 15.5. The lowest BCUT2D eigenvalue weighted by Crippen LogP contribution is -1.86. The Balaban J connectivity index is 0.000000399. The quantitative estimate of drug-likeness (QED) is 0.435. The van der Waals surface area contributed by atoms with E-state index in [4.69, 9.17) is 0 Å². The summed E-state index contributed by atoms with van der Waals surface area (Å²) in [5, 5.41) is 0. The first-order valence-corrected chi connectivity index (χ1v) is 11.3. The maximum atomic E-state index is 2.27. The first-order valence-electron chi connectivity index (χ1n) is 8.54. The Morgan fingerprint density at radius 3 is 1.88 bits per heavy atom. The first kappa shape index (κ1) is 19.7. The lowest BCUT2D eigenvalue weighted by atomic mass is 9.95. The zero-order valence-corrected chi connectivity index (χ0v) is 17.1. The molecule has 0 fully saturated rings. The van der Waals surface area contributed by atoms with Gasteiger partial charge in [0.05, 0.1) is 0 Å². The van der Waals surface area contributed by atoms with Crippen molar-refractivity contribution in [2.45, 2.75) is 20.8 Å². The van der Waals surface area contributed by atoms with Crippen LogP contribution in [-0.4, -0.2) is 12.0 Å². The molecule has 0 aliphatic heterocycles. The molecule has 0 nitrogen and oxygen atoms in total. The van der Waals surface area contributed by atoms with Crippen molar-refractivity contribution >= 4 is 21.6 Å². The van der Waals surface area contributed by atoms with Gasteiger partial charge in [-0.3, -0.25) is 0 Å². The average molecular weight is 367 g/mol. The summed E-state index contributed by atoms with van der Waals surface area (Å²) in [7, 11) is 3.70. The summed E-state index contributed by atoms with van der Waals surface area (Å²) < 4.78 is 0. The molecule has 130 valence electrons. The van der Waals surface area contributed by atoms with Crippen LogP contribution in [0.5, 0.6) is 0 Å².